The summed E-state index contributed by atoms with van der Waals surface area (Å²) in [5.74, 6) is -3.06. The number of para-hydroxylation sites is 1. The second kappa shape index (κ2) is 7.47. The van der Waals surface area contributed by atoms with Crippen molar-refractivity contribution in [1.82, 2.24) is 3.97 Å². The van der Waals surface area contributed by atoms with Gasteiger partial charge in [0.2, 0.25) is 0 Å². The molecule has 1 aromatic heterocycles. The Labute approximate surface area is 162 Å². The van der Waals surface area contributed by atoms with Crippen molar-refractivity contribution in [2.45, 2.75) is 17.7 Å². The number of aryl methyl sites for hydroxylation is 1. The van der Waals surface area contributed by atoms with Gasteiger partial charge in [0.1, 0.15) is 0 Å². The van der Waals surface area contributed by atoms with Gasteiger partial charge in [-0.15, -0.1) is 0 Å². The average Bonchev–Trinajstić information content (AvgIpc) is 3.08. The molecular weight excluding hydrogens is 382 g/mol. The Kier molecular flexibility index (Phi) is 5.24. The van der Waals surface area contributed by atoms with Crippen molar-refractivity contribution in [3.05, 3.63) is 65.9 Å². The maximum absolute atomic E-state index is 13.2. The number of carbonyl (C=O) groups is 2. The average molecular weight is 401 g/mol. The maximum Gasteiger partial charge on any atom is 0.324 e. The van der Waals surface area contributed by atoms with Gasteiger partial charge >= 0.3 is 11.9 Å². The number of carbonyl (C=O) groups excluding carboxylic acids is 2. The lowest BCUT2D eigenvalue weighted by molar-refractivity contribution is -0.154. The Morgan fingerprint density at radius 3 is 2.07 bits per heavy atom. The van der Waals surface area contributed by atoms with Crippen molar-refractivity contribution in [3.63, 3.8) is 0 Å². The molecule has 0 spiro atoms. The Hall–Kier alpha value is -3.13. The van der Waals surface area contributed by atoms with Crippen LogP contribution in [0.15, 0.2) is 59.6 Å². The molecule has 0 fully saturated rings. The highest BCUT2D eigenvalue weighted by molar-refractivity contribution is 7.90. The summed E-state index contributed by atoms with van der Waals surface area (Å²) in [6.07, 6.45) is 1.28. The van der Waals surface area contributed by atoms with Crippen LogP contribution in [0.2, 0.25) is 0 Å². The van der Waals surface area contributed by atoms with Crippen LogP contribution in [0.5, 0.6) is 0 Å². The largest absolute Gasteiger partial charge is 0.468 e. The summed E-state index contributed by atoms with van der Waals surface area (Å²) in [5, 5.41) is 0.444. The number of aromatic nitrogens is 1. The molecule has 0 saturated carbocycles. The fourth-order valence-corrected chi connectivity index (χ4v) is 4.39. The minimum atomic E-state index is -3.95. The zero-order valence-corrected chi connectivity index (χ0v) is 16.4. The molecule has 0 radical (unpaired) electrons. The van der Waals surface area contributed by atoms with Gasteiger partial charge in [0.25, 0.3) is 10.0 Å². The first-order valence-corrected chi connectivity index (χ1v) is 9.83. The quantitative estimate of drug-likeness (QED) is 0.482. The van der Waals surface area contributed by atoms with Crippen LogP contribution in [0.3, 0.4) is 0 Å². The van der Waals surface area contributed by atoms with E-state index in [2.05, 4.69) is 0 Å². The van der Waals surface area contributed by atoms with Gasteiger partial charge in [-0.1, -0.05) is 35.9 Å². The van der Waals surface area contributed by atoms with Gasteiger partial charge in [-0.25, -0.2) is 12.4 Å². The molecule has 7 nitrogen and oxygen atoms in total. The van der Waals surface area contributed by atoms with E-state index in [0.717, 1.165) is 23.8 Å². The highest BCUT2D eigenvalue weighted by atomic mass is 32.2. The Morgan fingerprint density at radius 2 is 1.50 bits per heavy atom. The number of nitrogens with zero attached hydrogens (tertiary/aromatic N) is 1. The third-order valence-electron chi connectivity index (χ3n) is 4.47. The second-order valence-electron chi connectivity index (χ2n) is 6.19. The first-order valence-electron chi connectivity index (χ1n) is 8.39. The SMILES string of the molecule is COC(=O)C(C(=O)OC)c1cn(S(=O)(=O)c2ccc(C)cc2)c2ccccc12. The van der Waals surface area contributed by atoms with Crippen molar-refractivity contribution in [2.75, 3.05) is 14.2 Å². The molecule has 8 heteroatoms. The lowest BCUT2D eigenvalue weighted by Gasteiger charge is -2.11. The molecule has 0 bridgehead atoms. The van der Waals surface area contributed by atoms with Gasteiger partial charge in [0, 0.05) is 17.1 Å². The zero-order valence-electron chi connectivity index (χ0n) is 15.6. The summed E-state index contributed by atoms with van der Waals surface area (Å²) in [6, 6.07) is 13.0. The van der Waals surface area contributed by atoms with Crippen LogP contribution in [0.4, 0.5) is 0 Å². The molecule has 1 heterocycles. The fraction of sp³-hybridized carbons (Fsp3) is 0.200. The number of esters is 2. The lowest BCUT2D eigenvalue weighted by Crippen LogP contribution is -2.24. The van der Waals surface area contributed by atoms with E-state index >= 15 is 0 Å². The van der Waals surface area contributed by atoms with Gasteiger partial charge < -0.3 is 9.47 Å². The van der Waals surface area contributed by atoms with Crippen molar-refractivity contribution in [1.29, 1.82) is 0 Å². The van der Waals surface area contributed by atoms with Crippen LogP contribution in [-0.2, 0) is 29.1 Å². The predicted octanol–water partition coefficient (Wildman–Crippen LogP) is 2.62. The zero-order chi connectivity index (χ0) is 20.5. The molecular formula is C20H19NO6S. The predicted molar refractivity (Wildman–Crippen MR) is 102 cm³/mol. The molecule has 0 aliphatic carbocycles. The van der Waals surface area contributed by atoms with Crippen LogP contribution >= 0.6 is 0 Å². The van der Waals surface area contributed by atoms with Crippen molar-refractivity contribution >= 4 is 32.9 Å². The molecule has 3 aromatic rings. The second-order valence-corrected chi connectivity index (χ2v) is 8.01. The lowest BCUT2D eigenvalue weighted by atomic mass is 9.99. The Balaban J connectivity index is 2.28. The monoisotopic (exact) mass is 401 g/mol. The molecule has 2 aromatic carbocycles. The number of benzene rings is 2. The van der Waals surface area contributed by atoms with Crippen LogP contribution < -0.4 is 0 Å². The van der Waals surface area contributed by atoms with E-state index in [-0.39, 0.29) is 10.5 Å². The molecule has 0 aliphatic heterocycles. The summed E-state index contributed by atoms with van der Waals surface area (Å²) in [4.78, 5) is 24.6. The van der Waals surface area contributed by atoms with Crippen molar-refractivity contribution in [2.24, 2.45) is 0 Å². The van der Waals surface area contributed by atoms with Gasteiger partial charge in [-0.2, -0.15) is 0 Å². The number of fused-ring (bicyclic) bond motifs is 1. The topological polar surface area (TPSA) is 91.7 Å². The van der Waals surface area contributed by atoms with E-state index < -0.39 is 27.9 Å². The van der Waals surface area contributed by atoms with Crippen LogP contribution in [0.25, 0.3) is 10.9 Å². The normalized spacial score (nSPS) is 11.6. The number of hydrogen-bond acceptors (Lipinski definition) is 6. The van der Waals surface area contributed by atoms with E-state index in [4.69, 9.17) is 9.47 Å². The van der Waals surface area contributed by atoms with Crippen LogP contribution in [-0.4, -0.2) is 38.5 Å². The first-order chi connectivity index (χ1) is 13.3. The number of hydrogen-bond donors (Lipinski definition) is 0. The Morgan fingerprint density at radius 1 is 0.929 bits per heavy atom. The summed E-state index contributed by atoms with van der Waals surface area (Å²) in [7, 11) is -1.64. The molecule has 0 saturated heterocycles. The molecule has 0 amide bonds. The first kappa shape index (κ1) is 19.6. The summed E-state index contributed by atoms with van der Waals surface area (Å²) in [5.41, 5.74) is 1.47. The molecule has 0 aliphatic rings. The van der Waals surface area contributed by atoms with Gasteiger partial charge in [0.15, 0.2) is 5.92 Å². The molecule has 0 unspecified atom stereocenters. The van der Waals surface area contributed by atoms with Crippen LogP contribution in [0, 0.1) is 6.92 Å². The van der Waals surface area contributed by atoms with Crippen molar-refractivity contribution in [3.8, 4) is 0 Å². The van der Waals surface area contributed by atoms with E-state index in [0.29, 0.717) is 10.9 Å². The molecule has 146 valence electrons. The third-order valence-corrected chi connectivity index (χ3v) is 6.16. The third kappa shape index (κ3) is 3.27. The molecule has 28 heavy (non-hydrogen) atoms. The minimum Gasteiger partial charge on any atom is -0.468 e. The highest BCUT2D eigenvalue weighted by Gasteiger charge is 2.35. The van der Waals surface area contributed by atoms with E-state index in [9.17, 15) is 18.0 Å². The van der Waals surface area contributed by atoms with E-state index in [1.54, 1.807) is 36.4 Å². The van der Waals surface area contributed by atoms with Gasteiger partial charge in [0.05, 0.1) is 24.6 Å². The molecule has 3 rings (SSSR count). The van der Waals surface area contributed by atoms with Crippen molar-refractivity contribution < 1.29 is 27.5 Å². The van der Waals surface area contributed by atoms with Gasteiger partial charge in [-0.05, 0) is 25.1 Å². The highest BCUT2D eigenvalue weighted by Crippen LogP contribution is 2.32. The number of ether oxygens (including phenoxy) is 2. The fourth-order valence-electron chi connectivity index (χ4n) is 3.01. The molecule has 0 N–H and O–H groups in total. The summed E-state index contributed by atoms with van der Waals surface area (Å²) < 4.78 is 36.9. The summed E-state index contributed by atoms with van der Waals surface area (Å²) >= 11 is 0. The Bertz CT molecular complexity index is 1130. The minimum absolute atomic E-state index is 0.0955. The van der Waals surface area contributed by atoms with Crippen LogP contribution in [0.1, 0.15) is 17.0 Å². The number of rotatable bonds is 5. The van der Waals surface area contributed by atoms with Gasteiger partial charge in [-0.3, -0.25) is 9.59 Å². The van der Waals surface area contributed by atoms with E-state index in [1.807, 2.05) is 6.92 Å². The maximum atomic E-state index is 13.2. The standard InChI is InChI=1S/C20H19NO6S/c1-13-8-10-14(11-9-13)28(24,25)21-12-16(15-6-4-5-7-17(15)21)18(19(22)26-2)20(23)27-3/h4-12,18H,1-3H3. The summed E-state index contributed by atoms with van der Waals surface area (Å²) in [6.45, 7) is 1.86. The molecule has 0 atom stereocenters. The van der Waals surface area contributed by atoms with E-state index in [1.165, 1.54) is 18.3 Å². The smallest absolute Gasteiger partial charge is 0.324 e. The number of methoxy groups -OCH3 is 2.